The number of imide groups is 1. The van der Waals surface area contributed by atoms with Crippen LogP contribution in [0.4, 0.5) is 5.69 Å². The summed E-state index contributed by atoms with van der Waals surface area (Å²) in [6.45, 7) is 5.12. The van der Waals surface area contributed by atoms with Crippen molar-refractivity contribution in [3.63, 3.8) is 0 Å². The molecule has 0 unspecified atom stereocenters. The van der Waals surface area contributed by atoms with Gasteiger partial charge in [-0.05, 0) is 67.8 Å². The van der Waals surface area contributed by atoms with Crippen LogP contribution in [0.1, 0.15) is 56.0 Å². The molecular formula is C17H19I3N2O5. The highest BCUT2D eigenvalue weighted by molar-refractivity contribution is 14.1. The van der Waals surface area contributed by atoms with E-state index in [1.807, 2.05) is 67.8 Å². The van der Waals surface area contributed by atoms with Crippen LogP contribution in [-0.2, 0) is 20.9 Å². The Hall–Kier alpha value is -0.510. The minimum atomic E-state index is -1.16. The van der Waals surface area contributed by atoms with Crippen molar-refractivity contribution in [2.24, 2.45) is 0 Å². The van der Waals surface area contributed by atoms with Gasteiger partial charge < -0.3 is 10.4 Å². The molecule has 27 heavy (non-hydrogen) atoms. The van der Waals surface area contributed by atoms with E-state index in [9.17, 15) is 24.3 Å². The Morgan fingerprint density at radius 2 is 1.41 bits per heavy atom. The first kappa shape index (κ1) is 24.5. The summed E-state index contributed by atoms with van der Waals surface area (Å²) in [6.07, 6.45) is 0.507. The van der Waals surface area contributed by atoms with Gasteiger partial charge in [-0.1, -0.05) is 20.8 Å². The maximum atomic E-state index is 12.5. The Bertz CT molecular complexity index is 780. The van der Waals surface area contributed by atoms with Crippen LogP contribution in [-0.4, -0.2) is 28.8 Å². The topological polar surface area (TPSA) is 104 Å². The minimum absolute atomic E-state index is 0.0187. The largest absolute Gasteiger partial charge is 0.478 e. The minimum Gasteiger partial charge on any atom is -0.478 e. The zero-order chi connectivity index (χ0) is 20.9. The van der Waals surface area contributed by atoms with Crippen molar-refractivity contribution in [1.29, 1.82) is 0 Å². The van der Waals surface area contributed by atoms with Crippen LogP contribution in [0.25, 0.3) is 0 Å². The molecule has 2 N–H and O–H groups in total. The molecule has 0 saturated carbocycles. The van der Waals surface area contributed by atoms with Crippen molar-refractivity contribution in [1.82, 2.24) is 5.32 Å². The molecular weight excluding hydrogens is 693 g/mol. The van der Waals surface area contributed by atoms with Gasteiger partial charge in [0, 0.05) is 38.5 Å². The molecule has 0 aliphatic carbocycles. The van der Waals surface area contributed by atoms with Gasteiger partial charge in [-0.2, -0.15) is 0 Å². The molecule has 0 spiro atoms. The van der Waals surface area contributed by atoms with Gasteiger partial charge in [-0.15, -0.1) is 0 Å². The highest BCUT2D eigenvalue weighted by Gasteiger charge is 2.31. The van der Waals surface area contributed by atoms with Gasteiger partial charge >= 0.3 is 5.97 Å². The summed E-state index contributed by atoms with van der Waals surface area (Å²) >= 11 is 5.80. The Balaban J connectivity index is 3.78. The van der Waals surface area contributed by atoms with Gasteiger partial charge in [0.15, 0.2) is 0 Å². The van der Waals surface area contributed by atoms with Crippen LogP contribution in [0.2, 0.25) is 0 Å². The number of anilines is 1. The van der Waals surface area contributed by atoms with Crippen LogP contribution in [0.15, 0.2) is 0 Å². The van der Waals surface area contributed by atoms with Crippen molar-refractivity contribution in [2.45, 2.75) is 46.6 Å². The summed E-state index contributed by atoms with van der Waals surface area (Å²) in [6, 6.07) is 0. The second-order valence-electron chi connectivity index (χ2n) is 5.41. The number of hydrogen-bond acceptors (Lipinski definition) is 4. The average molecular weight is 712 g/mol. The summed E-state index contributed by atoms with van der Waals surface area (Å²) < 4.78 is 1.37. The molecule has 0 heterocycles. The molecule has 0 aliphatic heterocycles. The number of rotatable bonds is 7. The van der Waals surface area contributed by atoms with E-state index in [0.717, 1.165) is 4.90 Å². The van der Waals surface area contributed by atoms with Gasteiger partial charge in [0.05, 0.1) is 14.8 Å². The van der Waals surface area contributed by atoms with E-state index in [2.05, 4.69) is 5.32 Å². The number of benzene rings is 1. The van der Waals surface area contributed by atoms with Crippen LogP contribution in [0.3, 0.4) is 0 Å². The van der Waals surface area contributed by atoms with E-state index in [0.29, 0.717) is 22.7 Å². The van der Waals surface area contributed by atoms with E-state index in [1.54, 1.807) is 20.8 Å². The first-order valence-corrected chi connectivity index (χ1v) is 11.4. The smallest absolute Gasteiger partial charge is 0.337 e. The maximum absolute atomic E-state index is 12.5. The lowest BCUT2D eigenvalue weighted by atomic mass is 10.1. The Labute approximate surface area is 198 Å². The number of amides is 3. The average Bonchev–Trinajstić information content (AvgIpc) is 2.63. The van der Waals surface area contributed by atoms with Gasteiger partial charge in [0.25, 0.3) is 0 Å². The van der Waals surface area contributed by atoms with Gasteiger partial charge in [0.1, 0.15) is 0 Å². The zero-order valence-corrected chi connectivity index (χ0v) is 21.5. The zero-order valence-electron chi connectivity index (χ0n) is 15.0. The molecule has 148 valence electrons. The molecule has 1 aromatic carbocycles. The summed E-state index contributed by atoms with van der Waals surface area (Å²) in [7, 11) is 0. The summed E-state index contributed by atoms with van der Waals surface area (Å²) in [5.74, 6) is -2.14. The highest BCUT2D eigenvalue weighted by Crippen LogP contribution is 2.38. The number of aromatic carboxylic acids is 1. The Kier molecular flexibility index (Phi) is 9.88. The fraction of sp³-hybridized carbons (Fsp3) is 0.412. The fourth-order valence-corrected chi connectivity index (χ4v) is 6.75. The number of nitrogens with one attached hydrogen (secondary N) is 1. The van der Waals surface area contributed by atoms with Crippen molar-refractivity contribution >= 4 is 97.2 Å². The van der Waals surface area contributed by atoms with Gasteiger partial charge in [0.2, 0.25) is 17.7 Å². The Morgan fingerprint density at radius 1 is 0.889 bits per heavy atom. The van der Waals surface area contributed by atoms with E-state index >= 15 is 0 Å². The van der Waals surface area contributed by atoms with E-state index < -0.39 is 17.8 Å². The second-order valence-corrected chi connectivity index (χ2v) is 8.65. The molecule has 0 atom stereocenters. The first-order valence-electron chi connectivity index (χ1n) is 8.17. The molecule has 0 aliphatic rings. The first-order chi connectivity index (χ1) is 12.6. The molecule has 0 aromatic heterocycles. The maximum Gasteiger partial charge on any atom is 0.337 e. The molecule has 0 fully saturated rings. The highest BCUT2D eigenvalue weighted by atomic mass is 127. The second kappa shape index (κ2) is 10.9. The molecule has 7 nitrogen and oxygen atoms in total. The van der Waals surface area contributed by atoms with Gasteiger partial charge in [-0.3, -0.25) is 14.4 Å². The predicted octanol–water partition coefficient (Wildman–Crippen LogP) is 3.90. The third-order valence-corrected chi connectivity index (χ3v) is 7.11. The van der Waals surface area contributed by atoms with Crippen molar-refractivity contribution in [2.75, 3.05) is 4.90 Å². The third kappa shape index (κ3) is 5.52. The molecule has 1 rings (SSSR count). The van der Waals surface area contributed by atoms with Crippen LogP contribution < -0.4 is 10.2 Å². The molecule has 10 heteroatoms. The standard InChI is InChI=1S/C17H19I3N2O5/c1-4-9(23)21-7-8-13(18)12(17(26)27)15(20)16(14(8)19)22(10(24)5-2)11(25)6-3/h4-7H2,1-3H3,(H,21,23)(H,26,27). The number of hydrogen-bond donors (Lipinski definition) is 2. The number of carboxylic acid groups (broad SMARTS) is 1. The van der Waals surface area contributed by atoms with Crippen LogP contribution >= 0.6 is 67.8 Å². The van der Waals surface area contributed by atoms with E-state index in [1.165, 1.54) is 0 Å². The van der Waals surface area contributed by atoms with Crippen molar-refractivity contribution < 1.29 is 24.3 Å². The predicted molar refractivity (Wildman–Crippen MR) is 127 cm³/mol. The molecule has 0 saturated heterocycles. The molecule has 3 amide bonds. The molecule has 0 bridgehead atoms. The van der Waals surface area contributed by atoms with E-state index in [-0.39, 0.29) is 36.5 Å². The van der Waals surface area contributed by atoms with Crippen molar-refractivity contribution in [3.8, 4) is 0 Å². The Morgan fingerprint density at radius 3 is 1.81 bits per heavy atom. The fourth-order valence-electron chi connectivity index (χ4n) is 2.26. The molecule has 0 radical (unpaired) electrons. The van der Waals surface area contributed by atoms with Crippen molar-refractivity contribution in [3.05, 3.63) is 21.8 Å². The lowest BCUT2D eigenvalue weighted by Crippen LogP contribution is -2.38. The van der Waals surface area contributed by atoms with Crippen LogP contribution in [0.5, 0.6) is 0 Å². The summed E-state index contributed by atoms with van der Waals surface area (Å²) in [5, 5.41) is 12.4. The summed E-state index contributed by atoms with van der Waals surface area (Å²) in [4.78, 5) is 49.6. The number of carbonyl (C=O) groups is 4. The monoisotopic (exact) mass is 712 g/mol. The number of carbonyl (C=O) groups excluding carboxylic acids is 3. The third-order valence-electron chi connectivity index (χ3n) is 3.71. The van der Waals surface area contributed by atoms with Gasteiger partial charge in [-0.25, -0.2) is 9.69 Å². The van der Waals surface area contributed by atoms with E-state index in [4.69, 9.17) is 0 Å². The lowest BCUT2D eigenvalue weighted by Gasteiger charge is -2.26. The number of nitrogens with zero attached hydrogens (tertiary/aromatic N) is 1. The number of carboxylic acids is 1. The molecule has 1 aromatic rings. The quantitative estimate of drug-likeness (QED) is 0.418. The number of halogens is 3. The van der Waals surface area contributed by atoms with Crippen LogP contribution in [0, 0.1) is 10.7 Å². The summed E-state index contributed by atoms with van der Waals surface area (Å²) in [5.41, 5.74) is 0.863. The SMILES string of the molecule is CCC(=O)NCc1c(I)c(C(=O)O)c(I)c(N(C(=O)CC)C(=O)CC)c1I. The normalized spacial score (nSPS) is 10.4. The lowest BCUT2D eigenvalue weighted by molar-refractivity contribution is -0.126.